The predicted molar refractivity (Wildman–Crippen MR) is 83.3 cm³/mol. The van der Waals surface area contributed by atoms with E-state index in [1.165, 1.54) is 64.2 Å². The summed E-state index contributed by atoms with van der Waals surface area (Å²) in [5, 5.41) is 5.43. The fourth-order valence-corrected chi connectivity index (χ4v) is 5.69. The van der Waals surface area contributed by atoms with Crippen molar-refractivity contribution in [3.8, 4) is 0 Å². The highest BCUT2D eigenvalue weighted by atomic mass is 32.2. The van der Waals surface area contributed by atoms with Crippen LogP contribution in [0.1, 0.15) is 71.1 Å². The third-order valence-corrected chi connectivity index (χ3v) is 6.56. The minimum atomic E-state index is 0.771. The van der Waals surface area contributed by atoms with Gasteiger partial charge in [0.1, 0.15) is 0 Å². The molecule has 2 rings (SSSR count). The summed E-state index contributed by atoms with van der Waals surface area (Å²) in [4.78, 5) is 0. The number of hydrogen-bond donors (Lipinski definition) is 1. The first-order valence-electron chi connectivity index (χ1n) is 8.12. The van der Waals surface area contributed by atoms with Crippen LogP contribution in [-0.4, -0.2) is 23.6 Å². The van der Waals surface area contributed by atoms with Gasteiger partial charge < -0.3 is 5.32 Å². The lowest BCUT2D eigenvalue weighted by Gasteiger charge is -2.34. The van der Waals surface area contributed by atoms with E-state index < -0.39 is 0 Å². The fourth-order valence-electron chi connectivity index (χ4n) is 3.69. The van der Waals surface area contributed by atoms with Crippen LogP contribution in [0.3, 0.4) is 0 Å². The Morgan fingerprint density at radius 3 is 2.39 bits per heavy atom. The lowest BCUT2D eigenvalue weighted by atomic mass is 9.90. The Morgan fingerprint density at radius 2 is 1.67 bits per heavy atom. The Hall–Kier alpha value is 0.310. The molecule has 106 valence electrons. The molecule has 0 aliphatic heterocycles. The van der Waals surface area contributed by atoms with Crippen molar-refractivity contribution >= 4 is 11.8 Å². The molecule has 0 aromatic heterocycles. The smallest absolute Gasteiger partial charge is 0.0203 e. The van der Waals surface area contributed by atoms with Crippen molar-refractivity contribution in [3.63, 3.8) is 0 Å². The molecule has 0 bridgehead atoms. The van der Waals surface area contributed by atoms with E-state index in [1.807, 2.05) is 0 Å². The highest BCUT2D eigenvalue weighted by Gasteiger charge is 2.27. The monoisotopic (exact) mass is 269 g/mol. The molecule has 0 aromatic carbocycles. The second-order valence-corrected chi connectivity index (χ2v) is 8.00. The van der Waals surface area contributed by atoms with Gasteiger partial charge in [-0.15, -0.1) is 0 Å². The molecule has 2 saturated carbocycles. The molecular formula is C16H31NS. The van der Waals surface area contributed by atoms with Crippen molar-refractivity contribution in [2.45, 2.75) is 87.7 Å². The zero-order chi connectivity index (χ0) is 12.8. The summed E-state index contributed by atoms with van der Waals surface area (Å²) in [5.41, 5.74) is 0. The van der Waals surface area contributed by atoms with E-state index in [9.17, 15) is 0 Å². The number of nitrogens with one attached hydrogen (secondary N) is 1. The largest absolute Gasteiger partial charge is 0.316 e. The molecule has 4 atom stereocenters. The maximum absolute atomic E-state index is 3.60. The zero-order valence-electron chi connectivity index (χ0n) is 12.3. The highest BCUT2D eigenvalue weighted by Crippen LogP contribution is 2.37. The molecule has 2 heteroatoms. The molecule has 0 heterocycles. The summed E-state index contributed by atoms with van der Waals surface area (Å²) in [5.74, 6) is 0.970. The maximum Gasteiger partial charge on any atom is 0.0203 e. The van der Waals surface area contributed by atoms with E-state index in [-0.39, 0.29) is 0 Å². The third-order valence-electron chi connectivity index (χ3n) is 4.83. The van der Waals surface area contributed by atoms with Crippen LogP contribution < -0.4 is 5.32 Å². The fraction of sp³-hybridized carbons (Fsp3) is 1.00. The zero-order valence-corrected chi connectivity index (χ0v) is 13.1. The van der Waals surface area contributed by atoms with Crippen LogP contribution in [0.25, 0.3) is 0 Å². The van der Waals surface area contributed by atoms with Gasteiger partial charge in [0, 0.05) is 16.5 Å². The van der Waals surface area contributed by atoms with Crippen molar-refractivity contribution in [2.75, 3.05) is 7.05 Å². The quantitative estimate of drug-likeness (QED) is 0.803. The summed E-state index contributed by atoms with van der Waals surface area (Å²) >= 11 is 2.34. The normalized spacial score (nSPS) is 39.0. The molecule has 0 saturated heterocycles. The van der Waals surface area contributed by atoms with Crippen LogP contribution in [0.4, 0.5) is 0 Å². The van der Waals surface area contributed by atoms with E-state index in [2.05, 4.69) is 31.1 Å². The van der Waals surface area contributed by atoms with Crippen molar-refractivity contribution < 1.29 is 0 Å². The summed E-state index contributed by atoms with van der Waals surface area (Å²) in [6.45, 7) is 2.44. The molecule has 0 amide bonds. The Kier molecular flexibility index (Phi) is 6.37. The number of hydrogen-bond acceptors (Lipinski definition) is 2. The van der Waals surface area contributed by atoms with E-state index >= 15 is 0 Å². The highest BCUT2D eigenvalue weighted by molar-refractivity contribution is 8.00. The molecule has 0 aromatic rings. The Labute approximate surface area is 118 Å². The molecule has 18 heavy (non-hydrogen) atoms. The molecule has 2 fully saturated rings. The van der Waals surface area contributed by atoms with Crippen molar-refractivity contribution in [2.24, 2.45) is 5.92 Å². The van der Waals surface area contributed by atoms with Gasteiger partial charge in [-0.1, -0.05) is 45.4 Å². The van der Waals surface area contributed by atoms with E-state index in [0.717, 1.165) is 22.5 Å². The van der Waals surface area contributed by atoms with Gasteiger partial charge in [-0.25, -0.2) is 0 Å². The van der Waals surface area contributed by atoms with Crippen LogP contribution >= 0.6 is 11.8 Å². The van der Waals surface area contributed by atoms with E-state index in [4.69, 9.17) is 0 Å². The summed E-state index contributed by atoms with van der Waals surface area (Å²) < 4.78 is 0. The summed E-state index contributed by atoms with van der Waals surface area (Å²) in [6, 6.07) is 0.771. The standard InChI is InChI=1S/C16H31NS/c1-13-8-7-9-14(12-13)18-16-11-6-4-3-5-10-15(16)17-2/h13-17H,3-12H2,1-2H3. The maximum atomic E-state index is 3.60. The predicted octanol–water partition coefficient (Wildman–Crippen LogP) is 4.61. The lowest BCUT2D eigenvalue weighted by Crippen LogP contribution is -2.38. The van der Waals surface area contributed by atoms with Gasteiger partial charge in [0.15, 0.2) is 0 Å². The Balaban J connectivity index is 1.86. The first-order valence-corrected chi connectivity index (χ1v) is 9.06. The van der Waals surface area contributed by atoms with Crippen LogP contribution in [0, 0.1) is 5.92 Å². The van der Waals surface area contributed by atoms with Crippen LogP contribution in [-0.2, 0) is 0 Å². The van der Waals surface area contributed by atoms with Gasteiger partial charge in [0.05, 0.1) is 0 Å². The van der Waals surface area contributed by atoms with Crippen molar-refractivity contribution in [1.82, 2.24) is 5.32 Å². The van der Waals surface area contributed by atoms with E-state index in [0.29, 0.717) is 0 Å². The SMILES string of the molecule is CNC1CCCCCCC1SC1CCCC(C)C1. The van der Waals surface area contributed by atoms with Crippen LogP contribution in [0.5, 0.6) is 0 Å². The van der Waals surface area contributed by atoms with Crippen LogP contribution in [0.15, 0.2) is 0 Å². The minimum Gasteiger partial charge on any atom is -0.316 e. The van der Waals surface area contributed by atoms with Gasteiger partial charge in [0.25, 0.3) is 0 Å². The minimum absolute atomic E-state index is 0.771. The molecule has 4 unspecified atom stereocenters. The Morgan fingerprint density at radius 1 is 0.889 bits per heavy atom. The number of thioether (sulfide) groups is 1. The molecule has 1 N–H and O–H groups in total. The average Bonchev–Trinajstić information content (AvgIpc) is 2.33. The molecule has 2 aliphatic rings. The van der Waals surface area contributed by atoms with Crippen molar-refractivity contribution in [3.05, 3.63) is 0 Å². The lowest BCUT2D eigenvalue weighted by molar-refractivity contribution is 0.387. The Bertz CT molecular complexity index is 231. The third kappa shape index (κ3) is 4.45. The average molecular weight is 269 g/mol. The molecular weight excluding hydrogens is 238 g/mol. The second kappa shape index (κ2) is 7.79. The van der Waals surface area contributed by atoms with Crippen molar-refractivity contribution in [1.29, 1.82) is 0 Å². The van der Waals surface area contributed by atoms with Gasteiger partial charge in [-0.05, 0) is 38.6 Å². The summed E-state index contributed by atoms with van der Waals surface area (Å²) in [6.07, 6.45) is 14.5. The van der Waals surface area contributed by atoms with Gasteiger partial charge in [0.2, 0.25) is 0 Å². The first kappa shape index (κ1) is 14.7. The molecule has 2 aliphatic carbocycles. The van der Waals surface area contributed by atoms with Gasteiger partial charge in [-0.3, -0.25) is 0 Å². The molecule has 0 radical (unpaired) electrons. The molecule has 0 spiro atoms. The first-order chi connectivity index (χ1) is 8.79. The van der Waals surface area contributed by atoms with Gasteiger partial charge >= 0.3 is 0 Å². The van der Waals surface area contributed by atoms with E-state index in [1.54, 1.807) is 0 Å². The van der Waals surface area contributed by atoms with Gasteiger partial charge in [-0.2, -0.15) is 11.8 Å². The summed E-state index contributed by atoms with van der Waals surface area (Å²) in [7, 11) is 2.17. The van der Waals surface area contributed by atoms with Crippen LogP contribution in [0.2, 0.25) is 0 Å². The topological polar surface area (TPSA) is 12.0 Å². The number of rotatable bonds is 3. The molecule has 1 nitrogen and oxygen atoms in total. The second-order valence-electron chi connectivity index (χ2n) is 6.46.